The topological polar surface area (TPSA) is 129 Å². The first-order valence-corrected chi connectivity index (χ1v) is 13.8. The molecule has 4 atom stereocenters. The molecule has 0 heterocycles. The Balaban J connectivity index is 2.28. The van der Waals surface area contributed by atoms with Gasteiger partial charge in [-0.15, -0.1) is 0 Å². The molecule has 0 aromatic rings. The monoisotopic (exact) mass is 542 g/mol. The van der Waals surface area contributed by atoms with Crippen LogP contribution >= 0.6 is 0 Å². The van der Waals surface area contributed by atoms with E-state index >= 15 is 0 Å². The van der Waals surface area contributed by atoms with Crippen LogP contribution in [0.3, 0.4) is 0 Å². The molecule has 1 rings (SSSR count). The van der Waals surface area contributed by atoms with Gasteiger partial charge in [0.2, 0.25) is 0 Å². The van der Waals surface area contributed by atoms with Gasteiger partial charge in [-0.3, -0.25) is 9.59 Å². The lowest BCUT2D eigenvalue weighted by Gasteiger charge is -2.46. The van der Waals surface area contributed by atoms with Gasteiger partial charge in [-0.05, 0) is 48.9 Å². The van der Waals surface area contributed by atoms with Crippen LogP contribution in [0.4, 0.5) is 9.59 Å². The van der Waals surface area contributed by atoms with Crippen LogP contribution in [0.2, 0.25) is 0 Å². The lowest BCUT2D eigenvalue weighted by molar-refractivity contribution is -0.147. The summed E-state index contributed by atoms with van der Waals surface area (Å²) in [6, 6.07) is -0.0869. The van der Waals surface area contributed by atoms with Gasteiger partial charge in [0.05, 0.1) is 26.9 Å². The van der Waals surface area contributed by atoms with Gasteiger partial charge in [0.15, 0.2) is 0 Å². The van der Waals surface area contributed by atoms with Gasteiger partial charge in [-0.2, -0.15) is 0 Å². The van der Waals surface area contributed by atoms with E-state index in [9.17, 15) is 19.2 Å². The maximum Gasteiger partial charge on any atom is 0.407 e. The molecule has 0 aromatic heterocycles. The number of unbranched alkanes of at least 4 members (excludes halogenated alkanes) is 1. The molecule has 2 amide bonds. The van der Waals surface area contributed by atoms with Crippen LogP contribution in [0.15, 0.2) is 0 Å². The van der Waals surface area contributed by atoms with Crippen molar-refractivity contribution in [3.05, 3.63) is 0 Å². The molecule has 0 bridgehead atoms. The molecule has 0 spiro atoms. The average molecular weight is 543 g/mol. The van der Waals surface area contributed by atoms with E-state index in [1.54, 1.807) is 0 Å². The molecule has 1 fully saturated rings. The second-order valence-corrected chi connectivity index (χ2v) is 12.0. The largest absolute Gasteiger partial charge is 0.465 e. The summed E-state index contributed by atoms with van der Waals surface area (Å²) in [5.74, 6) is -0.374. The summed E-state index contributed by atoms with van der Waals surface area (Å²) in [6.45, 7) is 13.5. The maximum atomic E-state index is 12.5. The number of carbonyl (C=O) groups is 4. The molecular formula is C28H50N2O8. The van der Waals surface area contributed by atoms with Crippen molar-refractivity contribution < 1.29 is 38.1 Å². The number of hydrogen-bond donors (Lipinski definition) is 2. The van der Waals surface area contributed by atoms with Gasteiger partial charge >= 0.3 is 24.1 Å². The molecule has 0 aliphatic heterocycles. The van der Waals surface area contributed by atoms with Crippen LogP contribution in [-0.2, 0) is 28.5 Å². The lowest BCUT2D eigenvalue weighted by Crippen LogP contribution is -2.50. The maximum absolute atomic E-state index is 12.5. The molecule has 10 heteroatoms. The fourth-order valence-electron chi connectivity index (χ4n) is 4.97. The highest BCUT2D eigenvalue weighted by molar-refractivity contribution is 5.70. The van der Waals surface area contributed by atoms with E-state index in [4.69, 9.17) is 14.2 Å². The van der Waals surface area contributed by atoms with Gasteiger partial charge in [0.1, 0.15) is 0 Å². The Morgan fingerprint density at radius 1 is 0.842 bits per heavy atom. The molecule has 220 valence electrons. The Hall–Kier alpha value is -2.52. The number of amides is 2. The van der Waals surface area contributed by atoms with E-state index in [0.717, 1.165) is 19.3 Å². The zero-order valence-corrected chi connectivity index (χ0v) is 24.5. The molecule has 1 aliphatic carbocycles. The zero-order valence-electron chi connectivity index (χ0n) is 24.5. The van der Waals surface area contributed by atoms with Crippen LogP contribution in [0.1, 0.15) is 92.9 Å². The molecule has 1 aliphatic rings. The number of ether oxygens (including phenoxy) is 4. The number of nitrogens with one attached hydrogen (secondary N) is 2. The minimum atomic E-state index is -0.505. The van der Waals surface area contributed by atoms with E-state index in [2.05, 4.69) is 43.1 Å². The Labute approximate surface area is 228 Å². The smallest absolute Gasteiger partial charge is 0.407 e. The second-order valence-electron chi connectivity index (χ2n) is 12.0. The molecule has 1 saturated carbocycles. The summed E-state index contributed by atoms with van der Waals surface area (Å²) >= 11 is 0. The molecular weight excluding hydrogens is 492 g/mol. The Morgan fingerprint density at radius 2 is 1.39 bits per heavy atom. The summed E-state index contributed by atoms with van der Waals surface area (Å²) in [6.07, 6.45) is 4.05. The van der Waals surface area contributed by atoms with Crippen molar-refractivity contribution in [2.45, 2.75) is 99.0 Å². The third-order valence-electron chi connectivity index (χ3n) is 6.88. The highest BCUT2D eigenvalue weighted by Gasteiger charge is 2.42. The van der Waals surface area contributed by atoms with Gasteiger partial charge in [-0.1, -0.05) is 48.0 Å². The van der Waals surface area contributed by atoms with Crippen molar-refractivity contribution in [2.24, 2.45) is 22.7 Å². The van der Waals surface area contributed by atoms with E-state index in [0.29, 0.717) is 44.8 Å². The standard InChI is InChI=1S/C28H50N2O8/c1-8-20(2)15-36-23(31)11-9-10-12-24(32)37-16-21(3)17-38-26(34)30-22-13-27(4,5)18-28(6,14-22)19-29-25(33)35-7/h20-22H,8-19H2,1-7H3,(H,29,33)(H,30,34). The summed E-state index contributed by atoms with van der Waals surface area (Å²) in [7, 11) is 1.33. The third kappa shape index (κ3) is 14.4. The zero-order chi connectivity index (χ0) is 28.8. The van der Waals surface area contributed by atoms with Crippen LogP contribution in [-0.4, -0.2) is 63.6 Å². The summed E-state index contributed by atoms with van der Waals surface area (Å²) in [5, 5.41) is 5.74. The van der Waals surface area contributed by atoms with Gasteiger partial charge in [0, 0.05) is 31.3 Å². The van der Waals surface area contributed by atoms with Gasteiger partial charge < -0.3 is 29.6 Å². The molecule has 0 saturated heterocycles. The van der Waals surface area contributed by atoms with Crippen molar-refractivity contribution in [3.8, 4) is 0 Å². The number of esters is 2. The molecule has 4 unspecified atom stereocenters. The van der Waals surface area contributed by atoms with E-state index in [-0.39, 0.29) is 54.4 Å². The van der Waals surface area contributed by atoms with E-state index in [1.807, 2.05) is 13.8 Å². The molecule has 0 aromatic carbocycles. The number of alkyl carbamates (subject to hydrolysis) is 2. The van der Waals surface area contributed by atoms with Gasteiger partial charge in [-0.25, -0.2) is 9.59 Å². The van der Waals surface area contributed by atoms with Crippen molar-refractivity contribution in [1.82, 2.24) is 10.6 Å². The average Bonchev–Trinajstić information content (AvgIpc) is 2.84. The summed E-state index contributed by atoms with van der Waals surface area (Å²) < 4.78 is 20.5. The summed E-state index contributed by atoms with van der Waals surface area (Å²) in [4.78, 5) is 47.7. The normalized spacial score (nSPS) is 21.9. The number of carbonyl (C=O) groups excluding carboxylic acids is 4. The highest BCUT2D eigenvalue weighted by atomic mass is 16.6. The first-order chi connectivity index (χ1) is 17.8. The fraction of sp³-hybridized carbons (Fsp3) is 0.857. The van der Waals surface area contributed by atoms with Crippen LogP contribution in [0, 0.1) is 22.7 Å². The summed E-state index contributed by atoms with van der Waals surface area (Å²) in [5.41, 5.74) is -0.207. The number of rotatable bonds is 15. The first-order valence-electron chi connectivity index (χ1n) is 13.8. The lowest BCUT2D eigenvalue weighted by atomic mass is 9.62. The minimum Gasteiger partial charge on any atom is -0.465 e. The minimum absolute atomic E-state index is 0.0157. The first kappa shape index (κ1) is 33.5. The van der Waals surface area contributed by atoms with Crippen LogP contribution in [0.5, 0.6) is 0 Å². The SMILES string of the molecule is CCC(C)COC(=O)CCCCC(=O)OCC(C)COC(=O)NC1CC(C)(C)CC(C)(CNC(=O)OC)C1. The van der Waals surface area contributed by atoms with Crippen LogP contribution < -0.4 is 10.6 Å². The van der Waals surface area contributed by atoms with Crippen molar-refractivity contribution in [3.63, 3.8) is 0 Å². The fourth-order valence-corrected chi connectivity index (χ4v) is 4.97. The molecule has 0 radical (unpaired) electrons. The van der Waals surface area contributed by atoms with Crippen molar-refractivity contribution >= 4 is 24.1 Å². The van der Waals surface area contributed by atoms with E-state index < -0.39 is 12.2 Å². The predicted molar refractivity (Wildman–Crippen MR) is 143 cm³/mol. The second kappa shape index (κ2) is 16.4. The quantitative estimate of drug-likeness (QED) is 0.168. The predicted octanol–water partition coefficient (Wildman–Crippen LogP) is 4.98. The molecule has 38 heavy (non-hydrogen) atoms. The Bertz CT molecular complexity index is 772. The van der Waals surface area contributed by atoms with Crippen molar-refractivity contribution in [1.29, 1.82) is 0 Å². The number of methoxy groups -OCH3 is 1. The van der Waals surface area contributed by atoms with Gasteiger partial charge in [0.25, 0.3) is 0 Å². The van der Waals surface area contributed by atoms with Crippen molar-refractivity contribution in [2.75, 3.05) is 33.5 Å². The number of hydrogen-bond acceptors (Lipinski definition) is 8. The Morgan fingerprint density at radius 3 is 1.95 bits per heavy atom. The third-order valence-corrected chi connectivity index (χ3v) is 6.88. The molecule has 2 N–H and O–H groups in total. The highest BCUT2D eigenvalue weighted by Crippen LogP contribution is 2.45. The van der Waals surface area contributed by atoms with E-state index in [1.165, 1.54) is 7.11 Å². The molecule has 10 nitrogen and oxygen atoms in total. The Kier molecular flexibility index (Phi) is 14.5. The van der Waals surface area contributed by atoms with Crippen LogP contribution in [0.25, 0.3) is 0 Å².